The van der Waals surface area contributed by atoms with Gasteiger partial charge in [-0.1, -0.05) is 0 Å². The number of ether oxygens (including phenoxy) is 1. The van der Waals surface area contributed by atoms with Crippen LogP contribution in [0.5, 0.6) is 5.75 Å². The number of Topliss-reactive ketones (excluding diaryl/α,β-unsaturated/α-hetero) is 1. The summed E-state index contributed by atoms with van der Waals surface area (Å²) < 4.78 is 17.4. The standard InChI is InChI=1S/C15H21BO4/c1-10(17)11-7-8-13(18-6)12(9-11)16-19-14(2,3)15(4,5)20-16/h7-9H,1-6H3. The molecule has 1 aliphatic rings. The molecule has 0 amide bonds. The van der Waals surface area contributed by atoms with Gasteiger partial charge in [0.05, 0.1) is 18.3 Å². The predicted octanol–water partition coefficient (Wildman–Crippen LogP) is 2.20. The summed E-state index contributed by atoms with van der Waals surface area (Å²) >= 11 is 0. The molecule has 1 saturated heterocycles. The van der Waals surface area contributed by atoms with Crippen LogP contribution in [0.3, 0.4) is 0 Å². The Morgan fingerprint density at radius 1 is 1.15 bits per heavy atom. The third kappa shape index (κ3) is 2.48. The molecule has 0 radical (unpaired) electrons. The molecule has 1 aromatic rings. The van der Waals surface area contributed by atoms with Gasteiger partial charge < -0.3 is 14.0 Å². The molecule has 1 fully saturated rings. The highest BCUT2D eigenvalue weighted by Crippen LogP contribution is 2.37. The number of carbonyl (C=O) groups excluding carboxylic acids is 1. The van der Waals surface area contributed by atoms with Crippen molar-refractivity contribution in [2.24, 2.45) is 0 Å². The maximum absolute atomic E-state index is 11.5. The summed E-state index contributed by atoms with van der Waals surface area (Å²) in [7, 11) is 1.06. The Morgan fingerprint density at radius 2 is 1.70 bits per heavy atom. The molecule has 1 aliphatic heterocycles. The number of hydrogen-bond acceptors (Lipinski definition) is 4. The van der Waals surface area contributed by atoms with Crippen LogP contribution in [-0.2, 0) is 9.31 Å². The second-order valence-electron chi connectivity index (χ2n) is 6.10. The van der Waals surface area contributed by atoms with Crippen LogP contribution < -0.4 is 10.2 Å². The molecule has 4 nitrogen and oxygen atoms in total. The highest BCUT2D eigenvalue weighted by Gasteiger charge is 2.52. The molecule has 0 spiro atoms. The van der Waals surface area contributed by atoms with Crippen molar-refractivity contribution in [3.05, 3.63) is 23.8 Å². The zero-order chi connectivity index (χ0) is 15.1. The lowest BCUT2D eigenvalue weighted by Crippen LogP contribution is -2.41. The fraction of sp³-hybridized carbons (Fsp3) is 0.533. The first-order valence-electron chi connectivity index (χ1n) is 6.72. The topological polar surface area (TPSA) is 44.8 Å². The van der Waals surface area contributed by atoms with E-state index in [-0.39, 0.29) is 5.78 Å². The molecule has 1 heterocycles. The Hall–Kier alpha value is -1.33. The average molecular weight is 276 g/mol. The molecule has 1 aromatic carbocycles. The van der Waals surface area contributed by atoms with Crippen LogP contribution in [-0.4, -0.2) is 31.2 Å². The van der Waals surface area contributed by atoms with Crippen molar-refractivity contribution in [2.45, 2.75) is 45.8 Å². The summed E-state index contributed by atoms with van der Waals surface area (Å²) in [4.78, 5) is 11.5. The van der Waals surface area contributed by atoms with Gasteiger partial charge >= 0.3 is 7.12 Å². The monoisotopic (exact) mass is 276 g/mol. The van der Waals surface area contributed by atoms with Crippen LogP contribution in [0.15, 0.2) is 18.2 Å². The van der Waals surface area contributed by atoms with Crippen molar-refractivity contribution >= 4 is 18.4 Å². The van der Waals surface area contributed by atoms with Gasteiger partial charge in [0.2, 0.25) is 0 Å². The number of hydrogen-bond donors (Lipinski definition) is 0. The molecular weight excluding hydrogens is 255 g/mol. The molecule has 0 saturated carbocycles. The molecule has 0 bridgehead atoms. The SMILES string of the molecule is COc1ccc(C(C)=O)cc1B1OC(C)(C)C(C)(C)O1. The number of benzene rings is 1. The lowest BCUT2D eigenvalue weighted by Gasteiger charge is -2.32. The van der Waals surface area contributed by atoms with Gasteiger partial charge in [-0.15, -0.1) is 0 Å². The number of methoxy groups -OCH3 is 1. The maximum atomic E-state index is 11.5. The summed E-state index contributed by atoms with van der Waals surface area (Å²) in [5.41, 5.74) is 0.526. The highest BCUT2D eigenvalue weighted by molar-refractivity contribution is 6.63. The number of rotatable bonds is 3. The Bertz CT molecular complexity index is 521. The highest BCUT2D eigenvalue weighted by atomic mass is 16.7. The van der Waals surface area contributed by atoms with E-state index in [2.05, 4.69) is 0 Å². The lowest BCUT2D eigenvalue weighted by atomic mass is 9.77. The molecule has 0 aromatic heterocycles. The van der Waals surface area contributed by atoms with Crippen LogP contribution in [0.1, 0.15) is 45.0 Å². The van der Waals surface area contributed by atoms with E-state index in [4.69, 9.17) is 14.0 Å². The van der Waals surface area contributed by atoms with Gasteiger partial charge in [0, 0.05) is 11.0 Å². The van der Waals surface area contributed by atoms with E-state index in [1.165, 1.54) is 6.92 Å². The van der Waals surface area contributed by atoms with E-state index in [0.29, 0.717) is 11.3 Å². The smallest absolute Gasteiger partial charge is 0.497 e. The van der Waals surface area contributed by atoms with Gasteiger partial charge in [-0.3, -0.25) is 4.79 Å². The number of ketones is 1. The normalized spacial score (nSPS) is 20.0. The van der Waals surface area contributed by atoms with Crippen molar-refractivity contribution in [1.29, 1.82) is 0 Å². The minimum Gasteiger partial charge on any atom is -0.497 e. The summed E-state index contributed by atoms with van der Waals surface area (Å²) in [6, 6.07) is 5.30. The van der Waals surface area contributed by atoms with E-state index in [0.717, 1.165) is 5.46 Å². The molecule has 0 atom stereocenters. The van der Waals surface area contributed by atoms with E-state index < -0.39 is 18.3 Å². The summed E-state index contributed by atoms with van der Waals surface area (Å²) in [5.74, 6) is 0.666. The van der Waals surface area contributed by atoms with Gasteiger partial charge in [0.1, 0.15) is 5.75 Å². The van der Waals surface area contributed by atoms with E-state index in [1.807, 2.05) is 27.7 Å². The first-order chi connectivity index (χ1) is 9.18. The van der Waals surface area contributed by atoms with Gasteiger partial charge in [-0.25, -0.2) is 0 Å². The van der Waals surface area contributed by atoms with Gasteiger partial charge in [-0.05, 0) is 52.8 Å². The zero-order valence-electron chi connectivity index (χ0n) is 12.9. The molecule has 20 heavy (non-hydrogen) atoms. The largest absolute Gasteiger partial charge is 0.498 e. The van der Waals surface area contributed by atoms with Crippen molar-refractivity contribution in [1.82, 2.24) is 0 Å². The van der Waals surface area contributed by atoms with E-state index >= 15 is 0 Å². The Balaban J connectivity index is 2.43. The van der Waals surface area contributed by atoms with E-state index in [9.17, 15) is 4.79 Å². The lowest BCUT2D eigenvalue weighted by molar-refractivity contribution is 0.00578. The Labute approximate surface area is 120 Å². The quantitative estimate of drug-likeness (QED) is 0.627. The minimum atomic E-state index is -0.533. The minimum absolute atomic E-state index is 0.00502. The van der Waals surface area contributed by atoms with Gasteiger partial charge in [0.15, 0.2) is 5.78 Å². The van der Waals surface area contributed by atoms with Crippen LogP contribution in [0.2, 0.25) is 0 Å². The molecule has 0 unspecified atom stereocenters. The second-order valence-corrected chi connectivity index (χ2v) is 6.10. The third-order valence-electron chi connectivity index (χ3n) is 4.14. The van der Waals surface area contributed by atoms with E-state index in [1.54, 1.807) is 25.3 Å². The molecule has 0 aliphatic carbocycles. The first-order valence-corrected chi connectivity index (χ1v) is 6.72. The maximum Gasteiger partial charge on any atom is 0.498 e. The zero-order valence-corrected chi connectivity index (χ0v) is 12.9. The summed E-state index contributed by atoms with van der Waals surface area (Å²) in [6.07, 6.45) is 0. The van der Waals surface area contributed by atoms with Crippen LogP contribution >= 0.6 is 0 Å². The van der Waals surface area contributed by atoms with Crippen molar-refractivity contribution in [3.8, 4) is 5.75 Å². The Morgan fingerprint density at radius 3 is 2.15 bits per heavy atom. The van der Waals surface area contributed by atoms with Crippen LogP contribution in [0.4, 0.5) is 0 Å². The van der Waals surface area contributed by atoms with Crippen molar-refractivity contribution < 1.29 is 18.8 Å². The Kier molecular flexibility index (Phi) is 3.69. The number of carbonyl (C=O) groups is 1. The van der Waals surface area contributed by atoms with Gasteiger partial charge in [0.25, 0.3) is 0 Å². The molecule has 0 N–H and O–H groups in total. The summed E-state index contributed by atoms with van der Waals surface area (Å²) in [5, 5.41) is 0. The predicted molar refractivity (Wildman–Crippen MR) is 78.7 cm³/mol. The molecule has 2 rings (SSSR count). The van der Waals surface area contributed by atoms with Crippen molar-refractivity contribution in [2.75, 3.05) is 7.11 Å². The van der Waals surface area contributed by atoms with Gasteiger partial charge in [-0.2, -0.15) is 0 Å². The fourth-order valence-corrected chi connectivity index (χ4v) is 2.11. The molecular formula is C15H21BO4. The molecule has 5 heteroatoms. The first kappa shape index (κ1) is 15.1. The average Bonchev–Trinajstić information content (AvgIpc) is 2.57. The fourth-order valence-electron chi connectivity index (χ4n) is 2.11. The van der Waals surface area contributed by atoms with Crippen LogP contribution in [0, 0.1) is 0 Å². The van der Waals surface area contributed by atoms with Crippen molar-refractivity contribution in [3.63, 3.8) is 0 Å². The second kappa shape index (κ2) is 4.90. The third-order valence-corrected chi connectivity index (χ3v) is 4.14. The van der Waals surface area contributed by atoms with Crippen LogP contribution in [0.25, 0.3) is 0 Å². The summed E-state index contributed by atoms with van der Waals surface area (Å²) in [6.45, 7) is 9.51. The molecule has 108 valence electrons.